The maximum absolute atomic E-state index is 13.1. The number of carbonyl (C=O) groups excluding carboxylic acids is 1. The van der Waals surface area contributed by atoms with E-state index < -0.39 is 0 Å². The van der Waals surface area contributed by atoms with Gasteiger partial charge in [0.2, 0.25) is 0 Å². The van der Waals surface area contributed by atoms with Crippen molar-refractivity contribution < 1.29 is 18.7 Å². The molecule has 0 atom stereocenters. The summed E-state index contributed by atoms with van der Waals surface area (Å²) in [6.07, 6.45) is 5.27. The second-order valence-corrected chi connectivity index (χ2v) is 8.10. The molecule has 0 aliphatic carbocycles. The quantitative estimate of drug-likeness (QED) is 0.238. The molecule has 0 aliphatic heterocycles. The van der Waals surface area contributed by atoms with E-state index in [0.717, 1.165) is 11.3 Å². The van der Waals surface area contributed by atoms with E-state index >= 15 is 0 Å². The number of carbonyl (C=O) groups is 1. The van der Waals surface area contributed by atoms with Crippen LogP contribution < -0.4 is 14.9 Å². The standard InChI is InChI=1S/C26H21BrFN3O3/c1-33-24-14-19(22(27)15-25(24)34-17-18-8-10-20(28)11-9-18)16-29-30-26(32)21-6-2-3-7-23(21)31-12-4-5-13-31/h2-16H,17H2,1H3,(H,30,32)/b29-16-. The molecule has 4 aromatic rings. The number of para-hydroxylation sites is 1. The second-order valence-electron chi connectivity index (χ2n) is 7.25. The van der Waals surface area contributed by atoms with Crippen LogP contribution in [0.1, 0.15) is 21.5 Å². The average molecular weight is 522 g/mol. The topological polar surface area (TPSA) is 64.8 Å². The second kappa shape index (κ2) is 10.8. The number of rotatable bonds is 8. The maximum Gasteiger partial charge on any atom is 0.273 e. The van der Waals surface area contributed by atoms with Crippen molar-refractivity contribution in [1.82, 2.24) is 9.99 Å². The van der Waals surface area contributed by atoms with Crippen LogP contribution in [0.25, 0.3) is 5.69 Å². The van der Waals surface area contributed by atoms with Crippen LogP contribution in [0.4, 0.5) is 4.39 Å². The first-order valence-corrected chi connectivity index (χ1v) is 11.1. The lowest BCUT2D eigenvalue weighted by molar-refractivity contribution is 0.0955. The summed E-state index contributed by atoms with van der Waals surface area (Å²) in [5.74, 6) is 0.382. The van der Waals surface area contributed by atoms with Crippen LogP contribution in [-0.4, -0.2) is 23.8 Å². The molecule has 1 aromatic heterocycles. The van der Waals surface area contributed by atoms with Crippen LogP contribution in [0.15, 0.2) is 94.8 Å². The minimum Gasteiger partial charge on any atom is -0.493 e. The third-order valence-corrected chi connectivity index (χ3v) is 5.68. The van der Waals surface area contributed by atoms with Crippen molar-refractivity contribution in [3.63, 3.8) is 0 Å². The van der Waals surface area contributed by atoms with Gasteiger partial charge in [-0.05, 0) is 70.0 Å². The highest BCUT2D eigenvalue weighted by Crippen LogP contribution is 2.33. The van der Waals surface area contributed by atoms with Crippen molar-refractivity contribution in [3.05, 3.63) is 112 Å². The monoisotopic (exact) mass is 521 g/mol. The zero-order valence-electron chi connectivity index (χ0n) is 18.2. The Balaban J connectivity index is 1.46. The van der Waals surface area contributed by atoms with Crippen LogP contribution >= 0.6 is 15.9 Å². The minimum absolute atomic E-state index is 0.257. The maximum atomic E-state index is 13.1. The van der Waals surface area contributed by atoms with Gasteiger partial charge in [0, 0.05) is 22.4 Å². The van der Waals surface area contributed by atoms with E-state index in [2.05, 4.69) is 26.5 Å². The summed E-state index contributed by atoms with van der Waals surface area (Å²) in [5, 5.41) is 4.11. The van der Waals surface area contributed by atoms with Gasteiger partial charge >= 0.3 is 0 Å². The van der Waals surface area contributed by atoms with E-state index in [1.165, 1.54) is 25.5 Å². The molecule has 0 bridgehead atoms. The third kappa shape index (κ3) is 5.52. The summed E-state index contributed by atoms with van der Waals surface area (Å²) in [4.78, 5) is 12.7. The number of hydrogen-bond donors (Lipinski definition) is 1. The van der Waals surface area contributed by atoms with Gasteiger partial charge in [-0.25, -0.2) is 9.82 Å². The number of aromatic nitrogens is 1. The normalized spacial score (nSPS) is 10.9. The summed E-state index contributed by atoms with van der Waals surface area (Å²) in [6, 6.07) is 20.7. The van der Waals surface area contributed by atoms with E-state index in [1.807, 2.05) is 41.2 Å². The Labute approximate surface area is 204 Å². The summed E-state index contributed by atoms with van der Waals surface area (Å²) in [7, 11) is 1.54. The molecule has 0 fully saturated rings. The van der Waals surface area contributed by atoms with Gasteiger partial charge in [0.1, 0.15) is 12.4 Å². The highest BCUT2D eigenvalue weighted by atomic mass is 79.9. The van der Waals surface area contributed by atoms with E-state index in [-0.39, 0.29) is 18.3 Å². The first-order valence-electron chi connectivity index (χ1n) is 10.4. The molecule has 1 amide bonds. The van der Waals surface area contributed by atoms with Crippen molar-refractivity contribution in [2.75, 3.05) is 7.11 Å². The Bertz CT molecular complexity index is 1310. The largest absolute Gasteiger partial charge is 0.493 e. The third-order valence-electron chi connectivity index (χ3n) is 4.99. The molecule has 6 nitrogen and oxygen atoms in total. The van der Waals surface area contributed by atoms with Crippen LogP contribution in [0.2, 0.25) is 0 Å². The molecule has 1 heterocycles. The molecule has 172 valence electrons. The van der Waals surface area contributed by atoms with Crippen molar-refractivity contribution in [3.8, 4) is 17.2 Å². The molecule has 0 radical (unpaired) electrons. The van der Waals surface area contributed by atoms with Gasteiger partial charge in [-0.15, -0.1) is 0 Å². The number of hydrazone groups is 1. The number of nitrogens with zero attached hydrogens (tertiary/aromatic N) is 2. The van der Waals surface area contributed by atoms with Gasteiger partial charge in [-0.3, -0.25) is 4.79 Å². The fourth-order valence-electron chi connectivity index (χ4n) is 3.27. The van der Waals surface area contributed by atoms with Crippen molar-refractivity contribution in [1.29, 1.82) is 0 Å². The lowest BCUT2D eigenvalue weighted by Crippen LogP contribution is -2.19. The lowest BCUT2D eigenvalue weighted by atomic mass is 10.1. The highest BCUT2D eigenvalue weighted by Gasteiger charge is 2.12. The van der Waals surface area contributed by atoms with Gasteiger partial charge in [-0.1, -0.05) is 24.3 Å². The Kier molecular flexibility index (Phi) is 7.39. The van der Waals surface area contributed by atoms with E-state index in [0.29, 0.717) is 27.1 Å². The van der Waals surface area contributed by atoms with Gasteiger partial charge < -0.3 is 14.0 Å². The van der Waals surface area contributed by atoms with Gasteiger partial charge in [0.25, 0.3) is 5.91 Å². The van der Waals surface area contributed by atoms with Crippen LogP contribution in [-0.2, 0) is 6.61 Å². The highest BCUT2D eigenvalue weighted by molar-refractivity contribution is 9.10. The molecule has 3 aromatic carbocycles. The number of hydrogen-bond acceptors (Lipinski definition) is 4. The molecule has 0 saturated carbocycles. The zero-order chi connectivity index (χ0) is 23.9. The molecule has 1 N–H and O–H groups in total. The van der Waals surface area contributed by atoms with Crippen molar-refractivity contribution >= 4 is 28.1 Å². The molecule has 0 aliphatic rings. The van der Waals surface area contributed by atoms with Crippen LogP contribution in [0.5, 0.6) is 11.5 Å². The molecule has 0 unspecified atom stereocenters. The van der Waals surface area contributed by atoms with Gasteiger partial charge in [0.15, 0.2) is 11.5 Å². The van der Waals surface area contributed by atoms with Crippen molar-refractivity contribution in [2.24, 2.45) is 5.10 Å². The summed E-state index contributed by atoms with van der Waals surface area (Å²) in [5.41, 5.74) is 5.34. The molecule has 0 saturated heterocycles. The van der Waals surface area contributed by atoms with E-state index in [1.54, 1.807) is 36.4 Å². The molecular formula is C26H21BrFN3O3. The minimum atomic E-state index is -0.331. The number of benzene rings is 3. The predicted molar refractivity (Wildman–Crippen MR) is 132 cm³/mol. The summed E-state index contributed by atoms with van der Waals surface area (Å²) >= 11 is 3.50. The predicted octanol–water partition coefficient (Wildman–Crippen LogP) is 5.73. The number of halogens is 2. The Hall–Kier alpha value is -3.91. The Morgan fingerprint density at radius 2 is 1.79 bits per heavy atom. The Morgan fingerprint density at radius 1 is 1.06 bits per heavy atom. The molecule has 4 rings (SSSR count). The van der Waals surface area contributed by atoms with Gasteiger partial charge in [-0.2, -0.15) is 5.10 Å². The van der Waals surface area contributed by atoms with E-state index in [9.17, 15) is 9.18 Å². The smallest absolute Gasteiger partial charge is 0.273 e. The fraction of sp³-hybridized carbons (Fsp3) is 0.0769. The average Bonchev–Trinajstić information content (AvgIpc) is 3.39. The Morgan fingerprint density at radius 3 is 2.53 bits per heavy atom. The van der Waals surface area contributed by atoms with Crippen LogP contribution in [0, 0.1) is 5.82 Å². The van der Waals surface area contributed by atoms with Gasteiger partial charge in [0.05, 0.1) is 24.6 Å². The molecule has 0 spiro atoms. The zero-order valence-corrected chi connectivity index (χ0v) is 19.8. The number of methoxy groups -OCH3 is 1. The summed E-state index contributed by atoms with van der Waals surface area (Å²) in [6.45, 7) is 0.257. The number of nitrogens with one attached hydrogen (secondary N) is 1. The number of ether oxygens (including phenoxy) is 2. The lowest BCUT2D eigenvalue weighted by Gasteiger charge is -2.13. The molecular weight excluding hydrogens is 501 g/mol. The van der Waals surface area contributed by atoms with E-state index in [4.69, 9.17) is 9.47 Å². The first kappa shape index (κ1) is 23.3. The fourth-order valence-corrected chi connectivity index (χ4v) is 3.70. The molecule has 34 heavy (non-hydrogen) atoms. The molecule has 8 heteroatoms. The van der Waals surface area contributed by atoms with Crippen molar-refractivity contribution in [2.45, 2.75) is 6.61 Å². The first-order chi connectivity index (χ1) is 16.5. The SMILES string of the molecule is COc1cc(/C=N\NC(=O)c2ccccc2-n2cccc2)c(Br)cc1OCc1ccc(F)cc1. The van der Waals surface area contributed by atoms with Crippen LogP contribution in [0.3, 0.4) is 0 Å². The summed E-state index contributed by atoms with van der Waals surface area (Å²) < 4.78 is 26.9. The number of amides is 1.